The fourth-order valence-electron chi connectivity index (χ4n) is 3.61. The van der Waals surface area contributed by atoms with Crippen LogP contribution in [-0.4, -0.2) is 29.1 Å². The Bertz CT molecular complexity index is 950. The number of nitrogens with zero attached hydrogens (tertiary/aromatic N) is 2. The van der Waals surface area contributed by atoms with Gasteiger partial charge in [0, 0.05) is 18.7 Å². The first-order valence-corrected chi connectivity index (χ1v) is 10.9. The second kappa shape index (κ2) is 8.87. The molecule has 2 aliphatic heterocycles. The van der Waals surface area contributed by atoms with E-state index in [9.17, 15) is 4.79 Å². The number of benzene rings is 2. The lowest BCUT2D eigenvalue weighted by Crippen LogP contribution is -2.37. The van der Waals surface area contributed by atoms with Gasteiger partial charge in [0.1, 0.15) is 12.4 Å². The van der Waals surface area contributed by atoms with Crippen LogP contribution >= 0.6 is 11.8 Å². The van der Waals surface area contributed by atoms with Crippen molar-refractivity contribution in [2.45, 2.75) is 33.3 Å². The summed E-state index contributed by atoms with van der Waals surface area (Å²) in [6.45, 7) is 6.78. The zero-order valence-corrected chi connectivity index (χ0v) is 17.7. The maximum absolute atomic E-state index is 12.5. The van der Waals surface area contributed by atoms with Crippen LogP contribution in [-0.2, 0) is 11.4 Å². The van der Waals surface area contributed by atoms with Crippen LogP contribution in [0, 0.1) is 12.8 Å². The van der Waals surface area contributed by atoms with E-state index in [4.69, 9.17) is 4.74 Å². The zero-order chi connectivity index (χ0) is 20.2. The Labute approximate surface area is 176 Å². The number of hydrogen-bond donors (Lipinski definition) is 0. The summed E-state index contributed by atoms with van der Waals surface area (Å²) in [6.07, 6.45) is 4.31. The predicted octanol–water partition coefficient (Wildman–Crippen LogP) is 5.28. The van der Waals surface area contributed by atoms with Gasteiger partial charge < -0.3 is 9.64 Å². The second-order valence-electron chi connectivity index (χ2n) is 7.82. The van der Waals surface area contributed by atoms with Crippen LogP contribution in [0.2, 0.25) is 0 Å². The third kappa shape index (κ3) is 4.91. The van der Waals surface area contributed by atoms with Gasteiger partial charge >= 0.3 is 0 Å². The molecule has 0 aliphatic carbocycles. The molecule has 0 bridgehead atoms. The van der Waals surface area contributed by atoms with Gasteiger partial charge in [-0.3, -0.25) is 4.79 Å². The van der Waals surface area contributed by atoms with Gasteiger partial charge in [-0.05, 0) is 55.2 Å². The molecule has 5 heteroatoms. The van der Waals surface area contributed by atoms with Gasteiger partial charge in [-0.15, -0.1) is 0 Å². The Morgan fingerprint density at radius 2 is 2.00 bits per heavy atom. The third-order valence-electron chi connectivity index (χ3n) is 5.26. The fourth-order valence-corrected chi connectivity index (χ4v) is 4.55. The van der Waals surface area contributed by atoms with E-state index in [0.29, 0.717) is 17.4 Å². The maximum Gasteiger partial charge on any atom is 0.286 e. The van der Waals surface area contributed by atoms with Crippen LogP contribution in [0.5, 0.6) is 5.75 Å². The molecule has 1 fully saturated rings. The quantitative estimate of drug-likeness (QED) is 0.648. The first kappa shape index (κ1) is 19.8. The lowest BCUT2D eigenvalue weighted by Gasteiger charge is -2.31. The summed E-state index contributed by atoms with van der Waals surface area (Å²) >= 11 is 1.48. The molecule has 2 heterocycles. The summed E-state index contributed by atoms with van der Waals surface area (Å²) in [7, 11) is 0. The van der Waals surface area contributed by atoms with Gasteiger partial charge in [0.15, 0.2) is 5.17 Å². The number of carbonyl (C=O) groups is 1. The monoisotopic (exact) mass is 406 g/mol. The molecule has 2 aliphatic rings. The average Bonchev–Trinajstić information content (AvgIpc) is 3.09. The topological polar surface area (TPSA) is 41.9 Å². The van der Waals surface area contributed by atoms with E-state index in [1.807, 2.05) is 30.3 Å². The summed E-state index contributed by atoms with van der Waals surface area (Å²) in [5.74, 6) is 1.26. The van der Waals surface area contributed by atoms with Gasteiger partial charge in [-0.25, -0.2) is 0 Å². The molecule has 4 rings (SSSR count). The molecule has 2 aromatic carbocycles. The molecule has 1 amide bonds. The van der Waals surface area contributed by atoms with E-state index < -0.39 is 0 Å². The molecule has 1 saturated heterocycles. The highest BCUT2D eigenvalue weighted by molar-refractivity contribution is 8.18. The highest BCUT2D eigenvalue weighted by Gasteiger charge is 2.28. The summed E-state index contributed by atoms with van der Waals surface area (Å²) in [5.41, 5.74) is 3.25. The number of aliphatic imine (C=N–C) groups is 1. The summed E-state index contributed by atoms with van der Waals surface area (Å²) < 4.78 is 6.05. The molecule has 2 aromatic rings. The number of likely N-dealkylation sites (tertiary alicyclic amines) is 1. The van der Waals surface area contributed by atoms with Crippen LogP contribution < -0.4 is 4.74 Å². The van der Waals surface area contributed by atoms with Gasteiger partial charge in [-0.2, -0.15) is 4.99 Å². The minimum absolute atomic E-state index is 0.156. The average molecular weight is 407 g/mol. The number of para-hydroxylation sites is 1. The first-order valence-electron chi connectivity index (χ1n) is 10.1. The lowest BCUT2D eigenvalue weighted by atomic mass is 10.0. The number of ether oxygens (including phenoxy) is 1. The summed E-state index contributed by atoms with van der Waals surface area (Å²) in [4.78, 5) is 19.7. The molecule has 0 radical (unpaired) electrons. The van der Waals surface area contributed by atoms with Crippen molar-refractivity contribution in [1.29, 1.82) is 0 Å². The van der Waals surface area contributed by atoms with Crippen molar-refractivity contribution in [2.75, 3.05) is 13.1 Å². The van der Waals surface area contributed by atoms with Crippen LogP contribution in [0.1, 0.15) is 36.5 Å². The number of amides is 1. The zero-order valence-electron chi connectivity index (χ0n) is 16.9. The van der Waals surface area contributed by atoms with Crippen LogP contribution in [0.15, 0.2) is 58.4 Å². The Morgan fingerprint density at radius 3 is 2.79 bits per heavy atom. The Hall–Kier alpha value is -2.53. The number of carbonyl (C=O) groups excluding carboxylic acids is 1. The molecule has 150 valence electrons. The number of piperidine rings is 1. The third-order valence-corrected chi connectivity index (χ3v) is 6.30. The van der Waals surface area contributed by atoms with Gasteiger partial charge in [0.2, 0.25) is 0 Å². The second-order valence-corrected chi connectivity index (χ2v) is 8.82. The standard InChI is InChI=1S/C24H26N2O2S/c1-17-9-11-19(12-10-17)16-28-21-8-4-3-7-20(21)14-22-23(27)25-24(29-22)26-13-5-6-18(2)15-26/h3-4,7-12,14,18H,5-6,13,15-16H2,1-2H3/b22-14-. The summed E-state index contributed by atoms with van der Waals surface area (Å²) in [6, 6.07) is 16.2. The minimum Gasteiger partial charge on any atom is -0.488 e. The van der Waals surface area contributed by atoms with Gasteiger partial charge in [-0.1, -0.05) is 55.0 Å². The van der Waals surface area contributed by atoms with Crippen molar-refractivity contribution in [1.82, 2.24) is 4.90 Å². The first-order chi connectivity index (χ1) is 14.1. The van der Waals surface area contributed by atoms with Crippen LogP contribution in [0.25, 0.3) is 6.08 Å². The molecule has 0 N–H and O–H groups in total. The van der Waals surface area contributed by atoms with Crippen molar-refractivity contribution < 1.29 is 9.53 Å². The molecule has 0 spiro atoms. The van der Waals surface area contributed by atoms with Gasteiger partial charge in [0.25, 0.3) is 5.91 Å². The molecule has 1 unspecified atom stereocenters. The number of rotatable bonds is 4. The van der Waals surface area contributed by atoms with E-state index >= 15 is 0 Å². The number of hydrogen-bond acceptors (Lipinski definition) is 4. The highest BCUT2D eigenvalue weighted by atomic mass is 32.2. The molecule has 0 saturated carbocycles. The normalized spacial score (nSPS) is 20.8. The smallest absolute Gasteiger partial charge is 0.286 e. The number of amidine groups is 1. The maximum atomic E-state index is 12.5. The Balaban J connectivity index is 1.47. The largest absolute Gasteiger partial charge is 0.488 e. The highest BCUT2D eigenvalue weighted by Crippen LogP contribution is 2.34. The van der Waals surface area contributed by atoms with E-state index in [2.05, 4.69) is 48.0 Å². The van der Waals surface area contributed by atoms with Crippen molar-refractivity contribution in [3.05, 3.63) is 70.1 Å². The Kier molecular flexibility index (Phi) is 6.05. The SMILES string of the molecule is Cc1ccc(COc2ccccc2/C=C2\SC(N3CCCC(C)C3)=NC2=O)cc1. The van der Waals surface area contributed by atoms with Crippen molar-refractivity contribution >= 4 is 28.9 Å². The van der Waals surface area contributed by atoms with E-state index in [-0.39, 0.29) is 5.91 Å². The predicted molar refractivity (Wildman–Crippen MR) is 120 cm³/mol. The van der Waals surface area contributed by atoms with E-state index in [0.717, 1.165) is 41.6 Å². The molecule has 0 aromatic heterocycles. The lowest BCUT2D eigenvalue weighted by molar-refractivity contribution is -0.113. The molecular formula is C24H26N2O2S. The van der Waals surface area contributed by atoms with Crippen molar-refractivity contribution in [2.24, 2.45) is 10.9 Å². The van der Waals surface area contributed by atoms with E-state index in [1.165, 1.54) is 23.7 Å². The van der Waals surface area contributed by atoms with Gasteiger partial charge in [0.05, 0.1) is 4.91 Å². The van der Waals surface area contributed by atoms with Crippen molar-refractivity contribution in [3.63, 3.8) is 0 Å². The fraction of sp³-hybridized carbons (Fsp3) is 0.333. The minimum atomic E-state index is -0.156. The molecular weight excluding hydrogens is 380 g/mol. The van der Waals surface area contributed by atoms with Crippen LogP contribution in [0.4, 0.5) is 0 Å². The van der Waals surface area contributed by atoms with Crippen molar-refractivity contribution in [3.8, 4) is 5.75 Å². The van der Waals surface area contributed by atoms with E-state index in [1.54, 1.807) is 0 Å². The molecule has 4 nitrogen and oxygen atoms in total. The molecule has 1 atom stereocenters. The number of thioether (sulfide) groups is 1. The van der Waals surface area contributed by atoms with Crippen LogP contribution in [0.3, 0.4) is 0 Å². The molecule has 29 heavy (non-hydrogen) atoms. The number of aryl methyl sites for hydroxylation is 1. The summed E-state index contributed by atoms with van der Waals surface area (Å²) in [5, 5.41) is 0.839. The Morgan fingerprint density at radius 1 is 1.21 bits per heavy atom.